The summed E-state index contributed by atoms with van der Waals surface area (Å²) in [4.78, 5) is 0. The lowest BCUT2D eigenvalue weighted by atomic mass is 9.85. The molecule has 0 amide bonds. The first-order chi connectivity index (χ1) is 13.9. The second-order valence-electron chi connectivity index (χ2n) is 6.89. The molecule has 0 saturated heterocycles. The standard InChI is InChI=1S/C23H22F2N2O2/c1-3-4-15-11-19(23(26)27-29)21(18-12-16(24)8-5-13(18)2)20(22(15)25)14-6-9-17(28)10-7-14/h5-12,28-29H,3-4H2,1-2H3,(H2,26,27). The second-order valence-corrected chi connectivity index (χ2v) is 6.89. The fourth-order valence-corrected chi connectivity index (χ4v) is 3.46. The monoisotopic (exact) mass is 396 g/mol. The van der Waals surface area contributed by atoms with Crippen molar-refractivity contribution in [3.8, 4) is 28.0 Å². The summed E-state index contributed by atoms with van der Waals surface area (Å²) in [6.45, 7) is 3.71. The maximum atomic E-state index is 15.7. The van der Waals surface area contributed by atoms with Crippen molar-refractivity contribution in [1.82, 2.24) is 0 Å². The molecule has 0 fully saturated rings. The van der Waals surface area contributed by atoms with Gasteiger partial charge in [0.1, 0.15) is 17.4 Å². The van der Waals surface area contributed by atoms with Gasteiger partial charge in [-0.05, 0) is 65.9 Å². The normalized spacial score (nSPS) is 11.7. The number of aryl methyl sites for hydroxylation is 2. The molecule has 0 unspecified atom stereocenters. The first-order valence-corrected chi connectivity index (χ1v) is 9.26. The highest BCUT2D eigenvalue weighted by Crippen LogP contribution is 2.41. The third-order valence-corrected chi connectivity index (χ3v) is 4.87. The lowest BCUT2D eigenvalue weighted by Crippen LogP contribution is -2.17. The van der Waals surface area contributed by atoms with Gasteiger partial charge in [-0.2, -0.15) is 0 Å². The quantitative estimate of drug-likeness (QED) is 0.235. The Morgan fingerprint density at radius 3 is 2.34 bits per heavy atom. The molecular formula is C23H22F2N2O2. The number of oxime groups is 1. The van der Waals surface area contributed by atoms with Gasteiger partial charge in [0.25, 0.3) is 0 Å². The van der Waals surface area contributed by atoms with Crippen LogP contribution in [0, 0.1) is 18.6 Å². The molecule has 3 aromatic carbocycles. The molecular weight excluding hydrogens is 374 g/mol. The molecule has 0 aromatic heterocycles. The van der Waals surface area contributed by atoms with Crippen molar-refractivity contribution in [2.45, 2.75) is 26.7 Å². The van der Waals surface area contributed by atoms with Crippen molar-refractivity contribution in [3.63, 3.8) is 0 Å². The summed E-state index contributed by atoms with van der Waals surface area (Å²) in [7, 11) is 0. The Balaban J connectivity index is 2.50. The third kappa shape index (κ3) is 3.92. The molecule has 0 atom stereocenters. The van der Waals surface area contributed by atoms with Crippen molar-refractivity contribution in [3.05, 3.63) is 76.9 Å². The van der Waals surface area contributed by atoms with Crippen LogP contribution in [-0.2, 0) is 6.42 Å². The molecule has 0 aliphatic rings. The summed E-state index contributed by atoms with van der Waals surface area (Å²) < 4.78 is 29.8. The zero-order valence-electron chi connectivity index (χ0n) is 16.2. The number of rotatable bonds is 5. The molecule has 0 aliphatic heterocycles. The van der Waals surface area contributed by atoms with Crippen LogP contribution in [0.5, 0.6) is 5.75 Å². The van der Waals surface area contributed by atoms with Gasteiger partial charge in [-0.3, -0.25) is 0 Å². The van der Waals surface area contributed by atoms with Crippen molar-refractivity contribution in [2.75, 3.05) is 0 Å². The topological polar surface area (TPSA) is 78.8 Å². The lowest BCUT2D eigenvalue weighted by Gasteiger charge is -2.20. The first kappa shape index (κ1) is 20.3. The van der Waals surface area contributed by atoms with Gasteiger partial charge in [-0.25, -0.2) is 8.78 Å². The number of halogens is 2. The average Bonchev–Trinajstić information content (AvgIpc) is 2.71. The van der Waals surface area contributed by atoms with E-state index < -0.39 is 11.6 Å². The fraction of sp³-hybridized carbons (Fsp3) is 0.174. The second kappa shape index (κ2) is 8.31. The number of aromatic hydroxyl groups is 1. The highest BCUT2D eigenvalue weighted by atomic mass is 19.1. The highest BCUT2D eigenvalue weighted by molar-refractivity contribution is 6.07. The Morgan fingerprint density at radius 1 is 1.03 bits per heavy atom. The first-order valence-electron chi connectivity index (χ1n) is 9.26. The van der Waals surface area contributed by atoms with E-state index in [1.807, 2.05) is 6.92 Å². The van der Waals surface area contributed by atoms with E-state index in [9.17, 15) is 14.7 Å². The summed E-state index contributed by atoms with van der Waals surface area (Å²) >= 11 is 0. The summed E-state index contributed by atoms with van der Waals surface area (Å²) in [6, 6.07) is 11.8. The van der Waals surface area contributed by atoms with Gasteiger partial charge in [0.2, 0.25) is 0 Å². The molecule has 0 saturated carbocycles. The number of phenols is 1. The van der Waals surface area contributed by atoms with Crippen molar-refractivity contribution in [2.24, 2.45) is 10.9 Å². The fourth-order valence-electron chi connectivity index (χ4n) is 3.46. The molecule has 0 radical (unpaired) electrons. The van der Waals surface area contributed by atoms with E-state index in [0.29, 0.717) is 46.2 Å². The minimum atomic E-state index is -0.481. The minimum Gasteiger partial charge on any atom is -0.508 e. The highest BCUT2D eigenvalue weighted by Gasteiger charge is 2.24. The van der Waals surface area contributed by atoms with Gasteiger partial charge >= 0.3 is 0 Å². The van der Waals surface area contributed by atoms with Gasteiger partial charge in [-0.15, -0.1) is 0 Å². The number of hydrogen-bond donors (Lipinski definition) is 3. The SMILES string of the molecule is CCCc1cc(/C(N)=N/O)c(-c2cc(F)ccc2C)c(-c2ccc(O)cc2)c1F. The average molecular weight is 396 g/mol. The maximum absolute atomic E-state index is 15.7. The molecule has 0 bridgehead atoms. The molecule has 3 rings (SSSR count). The maximum Gasteiger partial charge on any atom is 0.170 e. The summed E-state index contributed by atoms with van der Waals surface area (Å²) in [5.41, 5.74) is 8.86. The molecule has 0 heterocycles. The molecule has 0 aliphatic carbocycles. The third-order valence-electron chi connectivity index (χ3n) is 4.87. The van der Waals surface area contributed by atoms with E-state index >= 15 is 4.39 Å². The van der Waals surface area contributed by atoms with Gasteiger partial charge in [0, 0.05) is 16.7 Å². The van der Waals surface area contributed by atoms with Gasteiger partial charge in [0.05, 0.1) is 0 Å². The Kier molecular flexibility index (Phi) is 5.82. The van der Waals surface area contributed by atoms with E-state index in [0.717, 1.165) is 0 Å². The number of nitrogens with zero attached hydrogens (tertiary/aromatic N) is 1. The molecule has 4 N–H and O–H groups in total. The zero-order chi connectivity index (χ0) is 21.1. The van der Waals surface area contributed by atoms with Crippen LogP contribution in [-0.4, -0.2) is 16.1 Å². The Bertz CT molecular complexity index is 1080. The van der Waals surface area contributed by atoms with Crippen LogP contribution < -0.4 is 5.73 Å². The summed E-state index contributed by atoms with van der Waals surface area (Å²) in [6.07, 6.45) is 1.14. The summed E-state index contributed by atoms with van der Waals surface area (Å²) in [5.74, 6) is -1.09. The van der Waals surface area contributed by atoms with Crippen LogP contribution in [0.2, 0.25) is 0 Å². The van der Waals surface area contributed by atoms with Crippen molar-refractivity contribution < 1.29 is 19.1 Å². The zero-order valence-corrected chi connectivity index (χ0v) is 16.2. The molecule has 0 spiro atoms. The van der Waals surface area contributed by atoms with Crippen LogP contribution in [0.3, 0.4) is 0 Å². The van der Waals surface area contributed by atoms with Gasteiger partial charge < -0.3 is 16.0 Å². The largest absolute Gasteiger partial charge is 0.508 e. The van der Waals surface area contributed by atoms with Crippen LogP contribution >= 0.6 is 0 Å². The Labute approximate surface area is 167 Å². The number of phenolic OH excluding ortho intramolecular Hbond substituents is 1. The molecule has 150 valence electrons. The van der Waals surface area contributed by atoms with Crippen molar-refractivity contribution >= 4 is 5.84 Å². The van der Waals surface area contributed by atoms with Crippen LogP contribution in [0.15, 0.2) is 53.7 Å². The number of nitrogens with two attached hydrogens (primary N) is 1. The minimum absolute atomic E-state index is 0.0408. The number of amidine groups is 1. The van der Waals surface area contributed by atoms with Gasteiger partial charge in [0.15, 0.2) is 5.84 Å². The predicted molar refractivity (Wildman–Crippen MR) is 110 cm³/mol. The Morgan fingerprint density at radius 2 is 1.72 bits per heavy atom. The molecule has 4 nitrogen and oxygen atoms in total. The number of hydrogen-bond acceptors (Lipinski definition) is 3. The smallest absolute Gasteiger partial charge is 0.170 e. The molecule has 3 aromatic rings. The van der Waals surface area contributed by atoms with E-state index in [1.165, 1.54) is 24.3 Å². The number of benzene rings is 3. The lowest BCUT2D eigenvalue weighted by molar-refractivity contribution is 0.318. The Hall–Kier alpha value is -3.41. The van der Waals surface area contributed by atoms with Crippen LogP contribution in [0.4, 0.5) is 8.78 Å². The van der Waals surface area contributed by atoms with Gasteiger partial charge in [-0.1, -0.05) is 36.7 Å². The predicted octanol–water partition coefficient (Wildman–Crippen LogP) is 5.36. The van der Waals surface area contributed by atoms with E-state index in [-0.39, 0.29) is 17.1 Å². The summed E-state index contributed by atoms with van der Waals surface area (Å²) in [5, 5.41) is 22.1. The molecule has 6 heteroatoms. The van der Waals surface area contributed by atoms with Crippen LogP contribution in [0.25, 0.3) is 22.3 Å². The van der Waals surface area contributed by atoms with E-state index in [1.54, 1.807) is 31.2 Å². The van der Waals surface area contributed by atoms with E-state index in [4.69, 9.17) is 5.73 Å². The van der Waals surface area contributed by atoms with E-state index in [2.05, 4.69) is 5.16 Å². The van der Waals surface area contributed by atoms with Crippen LogP contribution in [0.1, 0.15) is 30.0 Å². The van der Waals surface area contributed by atoms with Crippen molar-refractivity contribution in [1.29, 1.82) is 0 Å². The molecule has 29 heavy (non-hydrogen) atoms.